The molecule has 0 bridgehead atoms. The summed E-state index contributed by atoms with van der Waals surface area (Å²) in [5.74, 6) is -1.05. The summed E-state index contributed by atoms with van der Waals surface area (Å²) < 4.78 is 67.1. The van der Waals surface area contributed by atoms with Gasteiger partial charge < -0.3 is 10.6 Å². The predicted molar refractivity (Wildman–Crippen MR) is 130 cm³/mol. The van der Waals surface area contributed by atoms with Crippen LogP contribution in [0.5, 0.6) is 0 Å². The first-order valence-electron chi connectivity index (χ1n) is 10.7. The van der Waals surface area contributed by atoms with E-state index < -0.39 is 38.9 Å². The lowest BCUT2D eigenvalue weighted by molar-refractivity contribution is -0.137. The summed E-state index contributed by atoms with van der Waals surface area (Å²) in [6, 6.07) is 4.68. The molecule has 0 radical (unpaired) electrons. The van der Waals surface area contributed by atoms with Crippen molar-refractivity contribution in [3.8, 4) is 10.6 Å². The molecule has 2 N–H and O–H groups in total. The smallest absolute Gasteiger partial charge is 0.323 e. The van der Waals surface area contributed by atoms with Gasteiger partial charge in [-0.25, -0.2) is 18.4 Å². The second kappa shape index (κ2) is 9.06. The number of hydrogen-bond acceptors (Lipinski definition) is 9. The van der Waals surface area contributed by atoms with Gasteiger partial charge in [0.05, 0.1) is 37.6 Å². The van der Waals surface area contributed by atoms with Crippen molar-refractivity contribution in [3.05, 3.63) is 51.0 Å². The number of nitrogens with zero attached hydrogens (tertiary/aromatic N) is 3. The highest BCUT2D eigenvalue weighted by Gasteiger charge is 2.38. The van der Waals surface area contributed by atoms with E-state index in [0.717, 1.165) is 30.2 Å². The molecule has 5 rings (SSSR count). The standard InChI is InChI=1S/C22H19ClF3N5O3S2/c1-31-9-16(32)20-18(36(33,34)10-31)6-17(35-20)19-13(22(24,25)26)8-28-21(30-19)29-15-5-11-2-3-27-7-12(11)4-14(15)23/h4-6,8,27H,2-3,7,9-10H2,1H3,(H,28,29,30). The van der Waals surface area contributed by atoms with E-state index in [1.165, 1.54) is 11.9 Å². The minimum absolute atomic E-state index is 0.0955. The van der Waals surface area contributed by atoms with Crippen molar-refractivity contribution in [2.45, 2.75) is 24.0 Å². The Morgan fingerprint density at radius 1 is 1.22 bits per heavy atom. The van der Waals surface area contributed by atoms with Gasteiger partial charge in [0, 0.05) is 12.7 Å². The molecule has 3 aromatic rings. The van der Waals surface area contributed by atoms with Crippen LogP contribution >= 0.6 is 22.9 Å². The summed E-state index contributed by atoms with van der Waals surface area (Å²) in [6.07, 6.45) is -3.41. The highest BCUT2D eigenvalue weighted by Crippen LogP contribution is 2.42. The van der Waals surface area contributed by atoms with Gasteiger partial charge in [-0.1, -0.05) is 11.6 Å². The van der Waals surface area contributed by atoms with E-state index >= 15 is 0 Å². The molecule has 1 aromatic carbocycles. The first-order valence-corrected chi connectivity index (χ1v) is 13.6. The number of halogens is 4. The van der Waals surface area contributed by atoms with Gasteiger partial charge in [-0.15, -0.1) is 11.3 Å². The van der Waals surface area contributed by atoms with E-state index in [0.29, 0.717) is 34.8 Å². The quantitative estimate of drug-likeness (QED) is 0.495. The molecule has 0 saturated heterocycles. The molecule has 2 aliphatic heterocycles. The summed E-state index contributed by atoms with van der Waals surface area (Å²) in [5, 5.41) is 6.48. The second-order valence-corrected chi connectivity index (χ2v) is 12.0. The number of thiophene rings is 1. The van der Waals surface area contributed by atoms with Crippen molar-refractivity contribution in [2.24, 2.45) is 0 Å². The summed E-state index contributed by atoms with van der Waals surface area (Å²) in [4.78, 5) is 21.4. The monoisotopic (exact) mass is 557 g/mol. The van der Waals surface area contributed by atoms with Crippen molar-refractivity contribution >= 4 is 50.2 Å². The molecule has 0 fully saturated rings. The highest BCUT2D eigenvalue weighted by atomic mass is 35.5. The van der Waals surface area contributed by atoms with Gasteiger partial charge in [0.2, 0.25) is 5.95 Å². The average molecular weight is 558 g/mol. The lowest BCUT2D eigenvalue weighted by Crippen LogP contribution is -2.27. The second-order valence-electron chi connectivity index (χ2n) is 8.59. The van der Waals surface area contributed by atoms with Gasteiger partial charge in [-0.3, -0.25) is 9.69 Å². The first-order chi connectivity index (χ1) is 16.9. The van der Waals surface area contributed by atoms with Crippen LogP contribution in [-0.2, 0) is 29.0 Å². The zero-order valence-electron chi connectivity index (χ0n) is 18.7. The molecule has 8 nitrogen and oxygen atoms in total. The molecule has 2 aliphatic rings. The Morgan fingerprint density at radius 3 is 2.75 bits per heavy atom. The molecule has 0 amide bonds. The summed E-state index contributed by atoms with van der Waals surface area (Å²) in [6.45, 7) is 1.29. The number of carbonyl (C=O) groups excluding carboxylic acids is 1. The lowest BCUT2D eigenvalue weighted by Gasteiger charge is -2.19. The summed E-state index contributed by atoms with van der Waals surface area (Å²) >= 11 is 7.06. The number of rotatable bonds is 3. The Bertz CT molecular complexity index is 1490. The molecule has 0 unspecified atom stereocenters. The molecule has 0 aliphatic carbocycles. The highest BCUT2D eigenvalue weighted by molar-refractivity contribution is 7.91. The molecular weight excluding hydrogens is 539 g/mol. The number of benzene rings is 1. The van der Waals surface area contributed by atoms with Gasteiger partial charge in [0.15, 0.2) is 15.6 Å². The third kappa shape index (κ3) is 4.73. The van der Waals surface area contributed by atoms with Crippen molar-refractivity contribution in [3.63, 3.8) is 0 Å². The van der Waals surface area contributed by atoms with Crippen LogP contribution in [0.25, 0.3) is 10.6 Å². The summed E-state index contributed by atoms with van der Waals surface area (Å²) in [5.41, 5.74) is 0.846. The van der Waals surface area contributed by atoms with Gasteiger partial charge >= 0.3 is 6.18 Å². The van der Waals surface area contributed by atoms with Gasteiger partial charge in [0.25, 0.3) is 0 Å². The van der Waals surface area contributed by atoms with Gasteiger partial charge in [0.1, 0.15) is 11.4 Å². The molecular formula is C22H19ClF3N5O3S2. The molecule has 36 heavy (non-hydrogen) atoms. The number of sulfone groups is 1. The number of nitrogens with one attached hydrogen (secondary N) is 2. The fraction of sp³-hybridized carbons (Fsp3) is 0.318. The van der Waals surface area contributed by atoms with Crippen LogP contribution in [0.15, 0.2) is 29.3 Å². The van der Waals surface area contributed by atoms with E-state index in [-0.39, 0.29) is 27.1 Å². The van der Waals surface area contributed by atoms with Gasteiger partial charge in [-0.2, -0.15) is 13.2 Å². The third-order valence-corrected chi connectivity index (χ3v) is 9.24. The minimum Gasteiger partial charge on any atom is -0.323 e. The molecule has 4 heterocycles. The van der Waals surface area contributed by atoms with E-state index in [9.17, 15) is 26.4 Å². The first kappa shape index (κ1) is 25.1. The maximum atomic E-state index is 13.9. The van der Waals surface area contributed by atoms with E-state index in [2.05, 4.69) is 20.6 Å². The predicted octanol–water partition coefficient (Wildman–Crippen LogP) is 4.13. The number of carbonyl (C=O) groups is 1. The zero-order valence-corrected chi connectivity index (χ0v) is 21.1. The third-order valence-electron chi connectivity index (χ3n) is 5.84. The molecule has 190 valence electrons. The normalized spacial score (nSPS) is 17.9. The van der Waals surface area contributed by atoms with Crippen LogP contribution in [0.4, 0.5) is 24.8 Å². The van der Waals surface area contributed by atoms with Gasteiger partial charge in [-0.05, 0) is 49.3 Å². The molecule has 0 atom stereocenters. The Labute approximate surface area is 213 Å². The zero-order chi connectivity index (χ0) is 25.8. The number of aromatic nitrogens is 2. The number of likely N-dealkylation sites (N-methyl/N-ethyl adjacent to an activating group) is 1. The fourth-order valence-corrected chi connectivity index (χ4v) is 7.50. The van der Waals surface area contributed by atoms with Crippen molar-refractivity contribution in [1.82, 2.24) is 20.2 Å². The summed E-state index contributed by atoms with van der Waals surface area (Å²) in [7, 11) is -2.43. The molecule has 14 heteroatoms. The Hall–Kier alpha value is -2.58. The number of anilines is 2. The van der Waals surface area contributed by atoms with Crippen molar-refractivity contribution < 1.29 is 26.4 Å². The fourth-order valence-electron chi connectivity index (χ4n) is 4.19. The Morgan fingerprint density at radius 2 is 2.00 bits per heavy atom. The minimum atomic E-state index is -4.81. The number of alkyl halides is 3. The number of hydrogen-bond donors (Lipinski definition) is 2. The SMILES string of the molecule is CN1CC(=O)c2sc(-c3nc(Nc4cc5c(cc4Cl)CNCC5)ncc3C(F)(F)F)cc2S(=O)(=O)C1. The Kier molecular flexibility index (Phi) is 6.32. The topological polar surface area (TPSA) is 104 Å². The average Bonchev–Trinajstić information content (AvgIpc) is 3.22. The maximum absolute atomic E-state index is 13.9. The van der Waals surface area contributed by atoms with Crippen molar-refractivity contribution in [2.75, 3.05) is 31.3 Å². The van der Waals surface area contributed by atoms with Crippen LogP contribution in [0.3, 0.4) is 0 Å². The maximum Gasteiger partial charge on any atom is 0.420 e. The molecule has 0 saturated carbocycles. The van der Waals surface area contributed by atoms with Crippen LogP contribution in [0.2, 0.25) is 5.02 Å². The van der Waals surface area contributed by atoms with Crippen LogP contribution < -0.4 is 10.6 Å². The number of fused-ring (bicyclic) bond motifs is 2. The van der Waals surface area contributed by atoms with E-state index in [4.69, 9.17) is 11.6 Å². The lowest BCUT2D eigenvalue weighted by atomic mass is 10.0. The van der Waals surface area contributed by atoms with E-state index in [1.54, 1.807) is 6.07 Å². The number of Topliss-reactive ketones (excluding diaryl/α,β-unsaturated/α-hetero) is 1. The number of ketones is 1. The molecule has 2 aromatic heterocycles. The largest absolute Gasteiger partial charge is 0.420 e. The Balaban J connectivity index is 1.59. The van der Waals surface area contributed by atoms with Crippen LogP contribution in [-0.4, -0.2) is 55.1 Å². The molecule has 0 spiro atoms. The van der Waals surface area contributed by atoms with Crippen LogP contribution in [0.1, 0.15) is 26.4 Å². The van der Waals surface area contributed by atoms with Crippen LogP contribution in [0, 0.1) is 0 Å². The van der Waals surface area contributed by atoms with Crippen molar-refractivity contribution in [1.29, 1.82) is 0 Å². The van der Waals surface area contributed by atoms with E-state index in [1.807, 2.05) is 6.07 Å².